The van der Waals surface area contributed by atoms with Gasteiger partial charge in [-0.25, -0.2) is 0 Å². The number of hydrogen-bond acceptors (Lipinski definition) is 1. The highest BCUT2D eigenvalue weighted by Gasteiger charge is 2.30. The maximum Gasteiger partial charge on any atom is 0.193 e. The molecule has 124 heavy (non-hydrogen) atoms. The molecule has 20 rings (SSSR count). The van der Waals surface area contributed by atoms with E-state index in [-0.39, 0.29) is 49.1 Å². The van der Waals surface area contributed by atoms with E-state index >= 15 is 4.79 Å². The minimum atomic E-state index is -0.0391. The molecule has 0 atom stereocenters. The summed E-state index contributed by atoms with van der Waals surface area (Å²) < 4.78 is 14.7. The maximum absolute atomic E-state index is 15.4. The molecule has 20 aromatic rings. The molecule has 620 valence electrons. The topological polar surface area (TPSA) is 46.6 Å². The number of fused-ring (bicyclic) bond motifs is 18. The van der Waals surface area contributed by atoms with Crippen molar-refractivity contribution in [1.29, 1.82) is 0 Å². The van der Waals surface area contributed by atoms with E-state index in [2.05, 4.69) is 436 Å². The summed E-state index contributed by atoms with van der Waals surface area (Å²) in [6.07, 6.45) is 0. The molecule has 7 nitrogen and oxygen atoms in total. The zero-order valence-corrected chi connectivity index (χ0v) is 77.0. The third-order valence-electron chi connectivity index (χ3n) is 27.3. The number of hydrogen-bond donors (Lipinski definition) is 0. The van der Waals surface area contributed by atoms with E-state index in [4.69, 9.17) is 0 Å². The van der Waals surface area contributed by atoms with Crippen LogP contribution in [0, 0.1) is 0 Å². The van der Waals surface area contributed by atoms with Crippen LogP contribution in [0.25, 0.3) is 165 Å². The first-order chi connectivity index (χ1) is 58.4. The van der Waals surface area contributed by atoms with Crippen LogP contribution in [0.2, 0.25) is 0 Å². The predicted molar refractivity (Wildman–Crippen MR) is 532 cm³/mol. The van der Waals surface area contributed by atoms with E-state index < -0.39 is 0 Å². The molecular weight excluding hydrogens is 1510 g/mol. The molecule has 0 saturated carbocycles. The number of carbonyl (C=O) groups excluding carboxylic acids is 1. The van der Waals surface area contributed by atoms with Gasteiger partial charge in [-0.2, -0.15) is 0 Å². The van der Waals surface area contributed by atoms with Crippen LogP contribution in [0.4, 0.5) is 0 Å². The van der Waals surface area contributed by atoms with Gasteiger partial charge >= 0.3 is 0 Å². The highest BCUT2D eigenvalue weighted by Crippen LogP contribution is 2.48. The van der Waals surface area contributed by atoms with Crippen molar-refractivity contribution in [2.24, 2.45) is 0 Å². The minimum absolute atomic E-state index is 0.0320. The summed E-state index contributed by atoms with van der Waals surface area (Å²) in [5, 5.41) is 14.6. The second-order valence-electron chi connectivity index (χ2n) is 44.1. The van der Waals surface area contributed by atoms with Crippen molar-refractivity contribution in [3.63, 3.8) is 0 Å². The summed E-state index contributed by atoms with van der Waals surface area (Å²) in [6, 6.07) is 102. The summed E-state index contributed by atoms with van der Waals surface area (Å²) in [7, 11) is 0. The lowest BCUT2D eigenvalue weighted by Crippen LogP contribution is -2.10. The number of carbonyl (C=O) groups is 1. The van der Waals surface area contributed by atoms with Gasteiger partial charge in [-0.3, -0.25) is 4.79 Å². The quantitative estimate of drug-likeness (QED) is 0.140. The second-order valence-corrected chi connectivity index (χ2v) is 44.1. The van der Waals surface area contributed by atoms with Crippen LogP contribution < -0.4 is 0 Å². The molecule has 0 fully saturated rings. The van der Waals surface area contributed by atoms with Gasteiger partial charge in [0.05, 0.1) is 66.2 Å². The summed E-state index contributed by atoms with van der Waals surface area (Å²) in [6.45, 7) is 55.4. The molecule has 6 heterocycles. The molecule has 0 spiro atoms. The van der Waals surface area contributed by atoms with Crippen LogP contribution in [0.15, 0.2) is 267 Å². The van der Waals surface area contributed by atoms with Gasteiger partial charge in [0, 0.05) is 110 Å². The van der Waals surface area contributed by atoms with Gasteiger partial charge in [-0.15, -0.1) is 0 Å². The normalized spacial score (nSPS) is 13.4. The van der Waals surface area contributed by atoms with Crippen LogP contribution in [-0.2, 0) is 43.3 Å². The average molecular weight is 1620 g/mol. The second kappa shape index (κ2) is 27.3. The molecule has 0 amide bonds. The first-order valence-electron chi connectivity index (χ1n) is 44.7. The Bertz CT molecular complexity index is 6730. The van der Waals surface area contributed by atoms with E-state index in [1.807, 2.05) is 24.3 Å². The predicted octanol–water partition coefficient (Wildman–Crippen LogP) is 31.9. The lowest BCUT2D eigenvalue weighted by Gasteiger charge is -2.19. The number of benzene rings is 14. The van der Waals surface area contributed by atoms with Crippen LogP contribution >= 0.6 is 0 Å². The SMILES string of the molecule is CC(C)(C)c1ccc2c(c1)c1cc(C(C)(C)C)ccc1n2-c1ccc2c(c1)c1cc(-n3c4ccc(C(C)(C)C)cc4c4cc(C(C)(C)C)ccc43)ccc1n2-c1ccc(C(=O)c2ccc(-n3c4ccc(-n5c6ccc(C(C)(C)C)cc6c6cc(C(C)(C)C)ccc65)cc4c4cc(-n5c6ccc(C(C)(C)C)cc6c6cc(C(C)(C)C)ccc65)ccc43)cc2)cc1. The number of nitrogens with zero attached hydrogens (tertiary/aromatic N) is 6. The molecule has 6 aromatic heterocycles. The largest absolute Gasteiger partial charge is 0.309 e. The summed E-state index contributed by atoms with van der Waals surface area (Å²) >= 11 is 0. The van der Waals surface area contributed by atoms with Crippen LogP contribution in [0.1, 0.15) is 227 Å². The maximum atomic E-state index is 15.4. The zero-order chi connectivity index (χ0) is 87.2. The van der Waals surface area contributed by atoms with Crippen molar-refractivity contribution in [3.8, 4) is 34.1 Å². The molecule has 0 N–H and O–H groups in total. The first-order valence-corrected chi connectivity index (χ1v) is 44.7. The third-order valence-corrected chi connectivity index (χ3v) is 27.3. The molecule has 0 aliphatic heterocycles. The molecule has 0 aliphatic carbocycles. The third kappa shape index (κ3) is 13.0. The fourth-order valence-corrected chi connectivity index (χ4v) is 19.7. The first kappa shape index (κ1) is 80.0. The molecule has 7 heteroatoms. The van der Waals surface area contributed by atoms with Crippen LogP contribution in [0.3, 0.4) is 0 Å². The number of aromatic nitrogens is 6. The Balaban J connectivity index is 0.722. The molecule has 0 aliphatic rings. The Morgan fingerprint density at radius 1 is 0.153 bits per heavy atom. The van der Waals surface area contributed by atoms with Crippen molar-refractivity contribution >= 4 is 137 Å². The van der Waals surface area contributed by atoms with Crippen molar-refractivity contribution < 1.29 is 4.79 Å². The Morgan fingerprint density at radius 3 is 0.419 bits per heavy atom. The number of ketones is 1. The van der Waals surface area contributed by atoms with Crippen molar-refractivity contribution in [3.05, 3.63) is 323 Å². The molecule has 0 saturated heterocycles. The van der Waals surface area contributed by atoms with E-state index in [1.165, 1.54) is 132 Å². The average Bonchev–Trinajstić information content (AvgIpc) is 1.56. The fraction of sp³-hybridized carbons (Fsp3) is 0.274. The standard InChI is InChI=1S/C117H116N6O/c1-110(2,3)71-29-45-97-85(57-71)86-58-72(111(4,5)6)30-46-98(86)120(97)81-41-53-105-93(65-81)94-66-82(121-99-47-31-73(112(7,8)9)59-87(99)88-60-74(113(10,11)12)32-48-100(88)121)42-54-106(94)118(105)79-37-25-69(26-38-79)109(124)70-27-39-80(40-28-70)119-107-55-43-83(122-101-49-33-75(114(13,14)15)61-89(101)90-62-76(115(16,17)18)34-50-102(90)122)67-95(107)96-68-84(44-56-108(96)119)123-103-51-35-77(116(19,20)21)63-91(103)92-64-78(117(22,23)24)36-52-104(92)123/h25-68H,1-24H3. The molecule has 0 radical (unpaired) electrons. The molecule has 0 unspecified atom stereocenters. The van der Waals surface area contributed by atoms with E-state index in [1.54, 1.807) is 0 Å². The molecule has 0 bridgehead atoms. The van der Waals surface area contributed by atoms with Gasteiger partial charge in [0.2, 0.25) is 0 Å². The highest BCUT2D eigenvalue weighted by molar-refractivity contribution is 6.18. The smallest absolute Gasteiger partial charge is 0.193 e. The highest BCUT2D eigenvalue weighted by atomic mass is 16.1. The van der Waals surface area contributed by atoms with Gasteiger partial charge in [0.25, 0.3) is 0 Å². The van der Waals surface area contributed by atoms with E-state index in [9.17, 15) is 0 Å². The summed E-state index contributed by atoms with van der Waals surface area (Å²) in [5.74, 6) is -0.0391. The Kier molecular flexibility index (Phi) is 17.6. The van der Waals surface area contributed by atoms with Gasteiger partial charge in [0.1, 0.15) is 0 Å². The van der Waals surface area contributed by atoms with Crippen molar-refractivity contribution in [2.45, 2.75) is 209 Å². The van der Waals surface area contributed by atoms with Crippen LogP contribution in [-0.4, -0.2) is 33.2 Å². The van der Waals surface area contributed by atoms with E-state index in [0.29, 0.717) is 11.1 Å². The van der Waals surface area contributed by atoms with Crippen molar-refractivity contribution in [1.82, 2.24) is 27.4 Å². The van der Waals surface area contributed by atoms with Gasteiger partial charge in [-0.1, -0.05) is 215 Å². The van der Waals surface area contributed by atoms with E-state index in [0.717, 1.165) is 77.7 Å². The molecular formula is C117H116N6O. The van der Waals surface area contributed by atoms with Crippen LogP contribution in [0.5, 0.6) is 0 Å². The van der Waals surface area contributed by atoms with Gasteiger partial charge in [0.15, 0.2) is 5.78 Å². The lowest BCUT2D eigenvalue weighted by molar-refractivity contribution is 0.103. The zero-order valence-electron chi connectivity index (χ0n) is 77.0. The minimum Gasteiger partial charge on any atom is -0.309 e. The Hall–Kier alpha value is -12.5. The van der Waals surface area contributed by atoms with Gasteiger partial charge in [-0.05, 0) is 306 Å². The Labute approximate surface area is 730 Å². The summed E-state index contributed by atoms with van der Waals surface area (Å²) in [4.78, 5) is 15.4. The van der Waals surface area contributed by atoms with Crippen molar-refractivity contribution in [2.75, 3.05) is 0 Å². The van der Waals surface area contributed by atoms with Gasteiger partial charge < -0.3 is 27.4 Å². The fourth-order valence-electron chi connectivity index (χ4n) is 19.7. The molecule has 14 aromatic carbocycles. The summed E-state index contributed by atoms with van der Waals surface area (Å²) in [5.41, 5.74) is 31.6. The number of rotatable bonds is 8. The monoisotopic (exact) mass is 1620 g/mol. The Morgan fingerprint density at radius 2 is 0.274 bits per heavy atom. The lowest BCUT2D eigenvalue weighted by atomic mass is 9.85.